The monoisotopic (exact) mass is 844 g/mol. The van der Waals surface area contributed by atoms with Crippen LogP contribution in [0.2, 0.25) is 0 Å². The highest BCUT2D eigenvalue weighted by molar-refractivity contribution is 6.02. The van der Waals surface area contributed by atoms with Crippen LogP contribution in [0, 0.1) is 0 Å². The highest BCUT2D eigenvalue weighted by Gasteiger charge is 2.33. The van der Waals surface area contributed by atoms with Gasteiger partial charge in [-0.05, 0) is 0 Å². The van der Waals surface area contributed by atoms with Crippen molar-refractivity contribution in [1.82, 2.24) is 19.9 Å². The van der Waals surface area contributed by atoms with Crippen LogP contribution in [-0.4, -0.2) is 199 Å². The number of rotatable bonds is 35. The van der Waals surface area contributed by atoms with Crippen molar-refractivity contribution < 1.29 is 85.9 Å². The highest BCUT2D eigenvalue weighted by Crippen LogP contribution is 2.13. The lowest BCUT2D eigenvalue weighted by Crippen LogP contribution is -2.39. The third-order valence-corrected chi connectivity index (χ3v) is 8.39. The maximum Gasteiger partial charge on any atom is 0.335 e. The zero-order valence-corrected chi connectivity index (χ0v) is 33.4. The minimum Gasteiger partial charge on any atom is -0.378 e. The van der Waals surface area contributed by atoms with Gasteiger partial charge in [-0.2, -0.15) is 0 Å². The van der Waals surface area contributed by atoms with Crippen LogP contribution in [0.4, 0.5) is 0 Å². The van der Waals surface area contributed by atoms with E-state index in [0.717, 1.165) is 0 Å². The molecule has 0 N–H and O–H groups in total. The SMILES string of the molecule is O=C(CCOCCOCCOCCOCCN(CCOCCOCCOCCOCCC(=O)ON1C(=O)CCC1=O)C(=O)CCN1CC=CC1=O)ON1C(=O)CCC1=O. The van der Waals surface area contributed by atoms with Crippen molar-refractivity contribution >= 4 is 47.4 Å². The molecule has 0 aromatic carbocycles. The van der Waals surface area contributed by atoms with E-state index in [0.29, 0.717) is 89.2 Å². The van der Waals surface area contributed by atoms with Gasteiger partial charge in [-0.1, -0.05) is 6.08 Å². The molecule has 332 valence electrons. The summed E-state index contributed by atoms with van der Waals surface area (Å²) in [6, 6.07) is 0. The van der Waals surface area contributed by atoms with Crippen LogP contribution in [0.3, 0.4) is 0 Å². The maximum atomic E-state index is 13.0. The fourth-order valence-corrected chi connectivity index (χ4v) is 5.22. The normalized spacial score (nSPS) is 15.3. The van der Waals surface area contributed by atoms with E-state index in [1.165, 1.54) is 6.08 Å². The summed E-state index contributed by atoms with van der Waals surface area (Å²) in [5.74, 6) is -3.86. The second-order valence-corrected chi connectivity index (χ2v) is 12.8. The second kappa shape index (κ2) is 29.7. The Labute approximate surface area is 342 Å². The molecule has 0 bridgehead atoms. The van der Waals surface area contributed by atoms with Gasteiger partial charge in [-0.25, -0.2) is 9.59 Å². The van der Waals surface area contributed by atoms with Crippen LogP contribution in [-0.2, 0) is 85.9 Å². The summed E-state index contributed by atoms with van der Waals surface area (Å²) in [7, 11) is 0. The van der Waals surface area contributed by atoms with Crippen molar-refractivity contribution in [3.8, 4) is 0 Å². The van der Waals surface area contributed by atoms with Crippen LogP contribution in [0.1, 0.15) is 44.9 Å². The van der Waals surface area contributed by atoms with Gasteiger partial charge in [0.2, 0.25) is 11.8 Å². The number of ether oxygens (including phenoxy) is 8. The van der Waals surface area contributed by atoms with E-state index >= 15 is 0 Å². The van der Waals surface area contributed by atoms with E-state index in [2.05, 4.69) is 0 Å². The summed E-state index contributed by atoms with van der Waals surface area (Å²) in [6.45, 7) is 5.62. The number of hydrogen-bond acceptors (Lipinski definition) is 18. The largest absolute Gasteiger partial charge is 0.378 e. The third-order valence-electron chi connectivity index (χ3n) is 8.39. The highest BCUT2D eigenvalue weighted by atomic mass is 16.7. The fraction of sp³-hybridized carbons (Fsp3) is 0.730. The Hall–Kier alpha value is -4.42. The summed E-state index contributed by atoms with van der Waals surface area (Å²) in [5.41, 5.74) is 0. The molecule has 0 spiro atoms. The van der Waals surface area contributed by atoms with E-state index in [-0.39, 0.29) is 110 Å². The molecular weight excluding hydrogens is 788 g/mol. The Morgan fingerprint density at radius 1 is 0.475 bits per heavy atom. The number of imide groups is 2. The first-order chi connectivity index (χ1) is 28.7. The molecule has 2 saturated heterocycles. The third kappa shape index (κ3) is 20.9. The molecule has 0 aliphatic carbocycles. The van der Waals surface area contributed by atoms with Gasteiger partial charge in [0.25, 0.3) is 23.6 Å². The Morgan fingerprint density at radius 2 is 0.814 bits per heavy atom. The quantitative estimate of drug-likeness (QED) is 0.0534. The number of nitrogens with zero attached hydrogens (tertiary/aromatic N) is 4. The summed E-state index contributed by atoms with van der Waals surface area (Å²) in [4.78, 5) is 107. The molecule has 3 aliphatic rings. The van der Waals surface area contributed by atoms with Crippen molar-refractivity contribution in [3.05, 3.63) is 12.2 Å². The van der Waals surface area contributed by atoms with E-state index in [4.69, 9.17) is 47.6 Å². The summed E-state index contributed by atoms with van der Waals surface area (Å²) >= 11 is 0. The van der Waals surface area contributed by atoms with Crippen molar-refractivity contribution in [1.29, 1.82) is 0 Å². The van der Waals surface area contributed by atoms with Gasteiger partial charge >= 0.3 is 11.9 Å². The lowest BCUT2D eigenvalue weighted by molar-refractivity contribution is -0.198. The van der Waals surface area contributed by atoms with Gasteiger partial charge in [0.1, 0.15) is 0 Å². The van der Waals surface area contributed by atoms with E-state index < -0.39 is 35.6 Å². The molecule has 3 aliphatic heterocycles. The molecule has 2 fully saturated rings. The van der Waals surface area contributed by atoms with Gasteiger partial charge in [-0.15, -0.1) is 10.1 Å². The lowest BCUT2D eigenvalue weighted by Gasteiger charge is -2.24. The molecule has 6 amide bonds. The fourth-order valence-electron chi connectivity index (χ4n) is 5.22. The topological polar surface area (TPSA) is 242 Å². The maximum absolute atomic E-state index is 13.0. The Morgan fingerprint density at radius 3 is 1.15 bits per heavy atom. The predicted octanol–water partition coefficient (Wildman–Crippen LogP) is -1.27. The van der Waals surface area contributed by atoms with Gasteiger partial charge in [0.15, 0.2) is 0 Å². The van der Waals surface area contributed by atoms with Crippen molar-refractivity contribution in [2.24, 2.45) is 0 Å². The average molecular weight is 845 g/mol. The number of amides is 6. The molecular formula is C37H56N4O18. The first-order valence-corrected chi connectivity index (χ1v) is 19.6. The molecule has 3 rings (SSSR count). The van der Waals surface area contributed by atoms with Gasteiger partial charge in [0.05, 0.1) is 119 Å². The first-order valence-electron chi connectivity index (χ1n) is 19.6. The molecule has 0 unspecified atom stereocenters. The zero-order chi connectivity index (χ0) is 42.5. The van der Waals surface area contributed by atoms with Gasteiger partial charge in [-0.3, -0.25) is 28.8 Å². The number of carbonyl (C=O) groups excluding carboxylic acids is 8. The van der Waals surface area contributed by atoms with Gasteiger partial charge < -0.3 is 57.4 Å². The standard InChI is InChI=1S/C37H56N4O18/c42-30-2-1-10-38(30)11-7-31(43)39(12-16-52-20-24-56-28-26-54-22-18-50-14-8-36(48)58-40-32(44)3-4-33(40)45)13-17-53-21-25-57-29-27-55-23-19-51-15-9-37(49)59-41-34(46)5-6-35(41)47/h1-2H,3-29H2. The summed E-state index contributed by atoms with van der Waals surface area (Å²) in [6.07, 6.45) is 3.31. The molecule has 59 heavy (non-hydrogen) atoms. The molecule has 22 heteroatoms. The van der Waals surface area contributed by atoms with E-state index in [1.807, 2.05) is 0 Å². The summed E-state index contributed by atoms with van der Waals surface area (Å²) < 4.78 is 43.8. The summed E-state index contributed by atoms with van der Waals surface area (Å²) in [5, 5.41) is 0.995. The molecule has 0 aromatic heterocycles. The van der Waals surface area contributed by atoms with E-state index in [9.17, 15) is 38.4 Å². The molecule has 0 radical (unpaired) electrons. The Balaban J connectivity index is 1.13. The van der Waals surface area contributed by atoms with Crippen molar-refractivity contribution in [2.75, 3.05) is 132 Å². The number of carbonyl (C=O) groups is 8. The molecule has 0 aromatic rings. The average Bonchev–Trinajstić information content (AvgIpc) is 3.88. The van der Waals surface area contributed by atoms with E-state index in [1.54, 1.807) is 15.9 Å². The minimum atomic E-state index is -0.732. The Bertz CT molecular complexity index is 1290. The van der Waals surface area contributed by atoms with Crippen LogP contribution in [0.5, 0.6) is 0 Å². The Kier molecular flexibility index (Phi) is 24.7. The molecule has 0 saturated carbocycles. The molecule has 22 nitrogen and oxygen atoms in total. The second-order valence-electron chi connectivity index (χ2n) is 12.8. The van der Waals surface area contributed by atoms with Crippen LogP contribution >= 0.6 is 0 Å². The molecule has 3 heterocycles. The first kappa shape index (κ1) is 48.9. The van der Waals surface area contributed by atoms with Crippen LogP contribution in [0.15, 0.2) is 12.2 Å². The lowest BCUT2D eigenvalue weighted by atomic mass is 10.3. The molecule has 0 atom stereocenters. The number of hydrogen-bond donors (Lipinski definition) is 0. The zero-order valence-electron chi connectivity index (χ0n) is 33.4. The van der Waals surface area contributed by atoms with Crippen LogP contribution < -0.4 is 0 Å². The van der Waals surface area contributed by atoms with Crippen molar-refractivity contribution in [3.63, 3.8) is 0 Å². The smallest absolute Gasteiger partial charge is 0.335 e. The number of hydroxylamine groups is 4. The van der Waals surface area contributed by atoms with Crippen LogP contribution in [0.25, 0.3) is 0 Å². The van der Waals surface area contributed by atoms with Gasteiger partial charge in [0, 0.05) is 64.4 Å². The predicted molar refractivity (Wildman–Crippen MR) is 197 cm³/mol. The van der Waals surface area contributed by atoms with Crippen molar-refractivity contribution in [2.45, 2.75) is 44.9 Å². The minimum absolute atomic E-state index is 0.0315.